The number of anilines is 1. The Labute approximate surface area is 177 Å². The number of halogens is 3. The molecule has 8 heteroatoms. The van der Waals surface area contributed by atoms with E-state index in [1.54, 1.807) is 24.3 Å². The Morgan fingerprint density at radius 2 is 1.77 bits per heavy atom. The molecule has 2 N–H and O–H groups in total. The monoisotopic (exact) mass is 423 g/mol. The molecule has 0 amide bonds. The molecular formula is C23H20F3N5. The van der Waals surface area contributed by atoms with Gasteiger partial charge in [0, 0.05) is 37.0 Å². The van der Waals surface area contributed by atoms with Crippen LogP contribution in [0.4, 0.5) is 19.0 Å². The van der Waals surface area contributed by atoms with Crippen molar-refractivity contribution in [2.45, 2.75) is 25.7 Å². The molecule has 0 fully saturated rings. The van der Waals surface area contributed by atoms with Gasteiger partial charge in [0.05, 0.1) is 11.2 Å². The molecule has 1 aliphatic rings. The van der Waals surface area contributed by atoms with E-state index in [0.717, 1.165) is 34.0 Å². The van der Waals surface area contributed by atoms with Gasteiger partial charge in [0.1, 0.15) is 11.5 Å². The molecule has 0 bridgehead atoms. The number of fused-ring (bicyclic) bond motifs is 2. The maximum atomic E-state index is 13.9. The van der Waals surface area contributed by atoms with E-state index in [-0.39, 0.29) is 5.95 Å². The summed E-state index contributed by atoms with van der Waals surface area (Å²) in [5.74, 6) is 0.590. The average molecular weight is 423 g/mol. The molecule has 0 unspecified atom stereocenters. The highest BCUT2D eigenvalue weighted by molar-refractivity contribution is 5.83. The van der Waals surface area contributed by atoms with Crippen molar-refractivity contribution in [3.63, 3.8) is 0 Å². The zero-order chi connectivity index (χ0) is 21.4. The maximum Gasteiger partial charge on any atom is 0.431 e. The third-order valence-corrected chi connectivity index (χ3v) is 5.43. The van der Waals surface area contributed by atoms with Crippen molar-refractivity contribution < 1.29 is 13.2 Å². The minimum absolute atomic E-state index is 0.0322. The highest BCUT2D eigenvalue weighted by atomic mass is 19.4. The second kappa shape index (κ2) is 7.70. The van der Waals surface area contributed by atoms with Gasteiger partial charge < -0.3 is 10.6 Å². The summed E-state index contributed by atoms with van der Waals surface area (Å²) in [4.78, 5) is 9.14. The first-order chi connectivity index (χ1) is 15.0. The van der Waals surface area contributed by atoms with Crippen LogP contribution in [0.1, 0.15) is 22.5 Å². The molecule has 0 atom stereocenters. The van der Waals surface area contributed by atoms with Gasteiger partial charge >= 0.3 is 6.18 Å². The molecule has 1 aliphatic heterocycles. The van der Waals surface area contributed by atoms with E-state index < -0.39 is 11.9 Å². The van der Waals surface area contributed by atoms with Gasteiger partial charge in [-0.05, 0) is 17.7 Å². The van der Waals surface area contributed by atoms with Crippen LogP contribution in [0.5, 0.6) is 0 Å². The summed E-state index contributed by atoms with van der Waals surface area (Å²) in [7, 11) is 0. The number of alkyl halides is 3. The van der Waals surface area contributed by atoms with E-state index in [2.05, 4.69) is 20.6 Å². The topological polar surface area (TPSA) is 54.8 Å². The molecule has 0 saturated carbocycles. The number of benzene rings is 2. The SMILES string of the molecule is FC(F)(F)c1cc2ccccc2n1-c1nc2c(c(NCc3ccccc3)n1)CNCC2. The minimum Gasteiger partial charge on any atom is -0.366 e. The van der Waals surface area contributed by atoms with Gasteiger partial charge in [-0.15, -0.1) is 0 Å². The van der Waals surface area contributed by atoms with E-state index in [4.69, 9.17) is 0 Å². The van der Waals surface area contributed by atoms with E-state index in [1.165, 1.54) is 0 Å². The Morgan fingerprint density at radius 1 is 1.00 bits per heavy atom. The predicted molar refractivity (Wildman–Crippen MR) is 113 cm³/mol. The molecule has 5 nitrogen and oxygen atoms in total. The first kappa shape index (κ1) is 19.6. The predicted octanol–water partition coefficient (Wildman–Crippen LogP) is 4.70. The number of para-hydroxylation sites is 1. The maximum absolute atomic E-state index is 13.9. The second-order valence-corrected chi connectivity index (χ2v) is 7.48. The first-order valence-corrected chi connectivity index (χ1v) is 10.1. The summed E-state index contributed by atoms with van der Waals surface area (Å²) in [6.45, 7) is 1.81. The lowest BCUT2D eigenvalue weighted by atomic mass is 10.1. The van der Waals surface area contributed by atoms with Gasteiger partial charge in [-0.1, -0.05) is 48.5 Å². The van der Waals surface area contributed by atoms with Crippen LogP contribution in [0, 0.1) is 0 Å². The largest absolute Gasteiger partial charge is 0.431 e. The van der Waals surface area contributed by atoms with Crippen molar-refractivity contribution in [3.05, 3.63) is 83.2 Å². The Bertz CT molecular complexity index is 1230. The van der Waals surface area contributed by atoms with E-state index in [1.807, 2.05) is 30.3 Å². The van der Waals surface area contributed by atoms with Gasteiger partial charge in [-0.2, -0.15) is 18.2 Å². The third-order valence-electron chi connectivity index (χ3n) is 5.43. The van der Waals surface area contributed by atoms with Crippen LogP contribution in [0.15, 0.2) is 60.7 Å². The van der Waals surface area contributed by atoms with Crippen molar-refractivity contribution >= 4 is 16.7 Å². The zero-order valence-electron chi connectivity index (χ0n) is 16.6. The van der Waals surface area contributed by atoms with Crippen LogP contribution in [-0.2, 0) is 25.7 Å². The van der Waals surface area contributed by atoms with E-state index in [9.17, 15) is 13.2 Å². The van der Waals surface area contributed by atoms with E-state index >= 15 is 0 Å². The number of aromatic nitrogens is 3. The molecular weight excluding hydrogens is 403 g/mol. The van der Waals surface area contributed by atoms with Crippen LogP contribution in [0.25, 0.3) is 16.9 Å². The third kappa shape index (κ3) is 3.74. The molecule has 4 aromatic rings. The van der Waals surface area contributed by atoms with Gasteiger partial charge in [-0.3, -0.25) is 4.57 Å². The fourth-order valence-electron chi connectivity index (χ4n) is 3.94. The van der Waals surface area contributed by atoms with E-state index in [0.29, 0.717) is 36.2 Å². The normalized spacial score (nSPS) is 13.9. The molecule has 2 aromatic carbocycles. The molecule has 0 radical (unpaired) electrons. The molecule has 2 aromatic heterocycles. The van der Waals surface area contributed by atoms with Crippen LogP contribution in [0.2, 0.25) is 0 Å². The van der Waals surface area contributed by atoms with Gasteiger partial charge in [0.25, 0.3) is 0 Å². The molecule has 158 valence electrons. The number of hydrogen-bond donors (Lipinski definition) is 2. The standard InChI is InChI=1S/C23H20F3N5/c24-23(25,26)20-12-16-8-4-5-9-19(16)31(20)22-29-18-10-11-27-14-17(18)21(30-22)28-13-15-6-2-1-3-7-15/h1-9,12,27H,10-11,13-14H2,(H,28,29,30). The summed E-state index contributed by atoms with van der Waals surface area (Å²) in [6, 6.07) is 17.7. The first-order valence-electron chi connectivity index (χ1n) is 10.1. The summed E-state index contributed by atoms with van der Waals surface area (Å²) in [5, 5.41) is 7.10. The van der Waals surface area contributed by atoms with Crippen molar-refractivity contribution in [2.24, 2.45) is 0 Å². The van der Waals surface area contributed by atoms with Gasteiger partial charge in [-0.25, -0.2) is 4.98 Å². The Hall–Kier alpha value is -3.39. The summed E-state index contributed by atoms with van der Waals surface area (Å²) in [6.07, 6.45) is -3.90. The Kier molecular flexibility index (Phi) is 4.86. The fraction of sp³-hybridized carbons (Fsp3) is 0.217. The molecule has 0 aliphatic carbocycles. The van der Waals surface area contributed by atoms with Crippen LogP contribution < -0.4 is 10.6 Å². The zero-order valence-corrected chi connectivity index (χ0v) is 16.6. The lowest BCUT2D eigenvalue weighted by Gasteiger charge is -2.22. The second-order valence-electron chi connectivity index (χ2n) is 7.48. The van der Waals surface area contributed by atoms with Gasteiger partial charge in [0.15, 0.2) is 0 Å². The van der Waals surface area contributed by atoms with Crippen molar-refractivity contribution in [1.82, 2.24) is 19.9 Å². The summed E-state index contributed by atoms with van der Waals surface area (Å²) < 4.78 is 42.8. The molecule has 3 heterocycles. The van der Waals surface area contributed by atoms with Gasteiger partial charge in [0.2, 0.25) is 5.95 Å². The number of rotatable bonds is 4. The van der Waals surface area contributed by atoms with Crippen molar-refractivity contribution in [2.75, 3.05) is 11.9 Å². The minimum atomic E-state index is -4.53. The summed E-state index contributed by atoms with van der Waals surface area (Å²) >= 11 is 0. The number of hydrogen-bond acceptors (Lipinski definition) is 4. The molecule has 5 rings (SSSR count). The Morgan fingerprint density at radius 3 is 2.58 bits per heavy atom. The Balaban J connectivity index is 1.65. The molecule has 31 heavy (non-hydrogen) atoms. The highest BCUT2D eigenvalue weighted by Gasteiger charge is 2.37. The van der Waals surface area contributed by atoms with Crippen molar-refractivity contribution in [1.29, 1.82) is 0 Å². The van der Waals surface area contributed by atoms with Crippen LogP contribution >= 0.6 is 0 Å². The van der Waals surface area contributed by atoms with Crippen molar-refractivity contribution in [3.8, 4) is 5.95 Å². The van der Waals surface area contributed by atoms with Crippen LogP contribution in [0.3, 0.4) is 0 Å². The number of nitrogens with zero attached hydrogens (tertiary/aromatic N) is 3. The quantitative estimate of drug-likeness (QED) is 0.500. The number of nitrogens with one attached hydrogen (secondary N) is 2. The lowest BCUT2D eigenvalue weighted by molar-refractivity contribution is -0.142. The average Bonchev–Trinajstić information content (AvgIpc) is 3.18. The fourth-order valence-corrected chi connectivity index (χ4v) is 3.94. The molecule has 0 saturated heterocycles. The lowest BCUT2D eigenvalue weighted by Crippen LogP contribution is -2.27. The smallest absolute Gasteiger partial charge is 0.366 e. The highest BCUT2D eigenvalue weighted by Crippen LogP contribution is 2.36. The molecule has 0 spiro atoms. The van der Waals surface area contributed by atoms with Crippen LogP contribution in [-0.4, -0.2) is 21.1 Å². The summed E-state index contributed by atoms with van der Waals surface area (Å²) in [5.41, 5.74) is 2.37.